The summed E-state index contributed by atoms with van der Waals surface area (Å²) >= 11 is 1.20. The topological polar surface area (TPSA) is 90.8 Å². The van der Waals surface area contributed by atoms with Crippen LogP contribution >= 0.6 is 11.8 Å². The molecule has 0 saturated heterocycles. The van der Waals surface area contributed by atoms with Gasteiger partial charge in [-0.1, -0.05) is 42.1 Å². The van der Waals surface area contributed by atoms with Gasteiger partial charge in [-0.05, 0) is 43.3 Å². The third kappa shape index (κ3) is 4.23. The zero-order valence-electron chi connectivity index (χ0n) is 17.6. The minimum absolute atomic E-state index is 0.0356. The highest BCUT2D eigenvalue weighted by Gasteiger charge is 2.23. The minimum atomic E-state index is -0.237. The number of benzene rings is 1. The molecule has 0 aliphatic heterocycles. The van der Waals surface area contributed by atoms with Gasteiger partial charge in [0.15, 0.2) is 5.69 Å². The van der Waals surface area contributed by atoms with Gasteiger partial charge in [-0.15, -0.1) is 5.10 Å². The first-order chi connectivity index (χ1) is 14.3. The van der Waals surface area contributed by atoms with E-state index >= 15 is 0 Å². The van der Waals surface area contributed by atoms with Crippen molar-refractivity contribution in [2.75, 3.05) is 18.8 Å². The van der Waals surface area contributed by atoms with Gasteiger partial charge in [0, 0.05) is 20.1 Å². The molecule has 0 bridgehead atoms. The van der Waals surface area contributed by atoms with Crippen LogP contribution in [-0.4, -0.2) is 59.2 Å². The number of hydrogen-bond acceptors (Lipinski definition) is 6. The lowest BCUT2D eigenvalue weighted by atomic mass is 10.3. The average molecular weight is 428 g/mol. The number of nitrogens with zero attached hydrogens (tertiary/aromatic N) is 7. The molecule has 9 nitrogen and oxygen atoms in total. The molecule has 1 aromatic carbocycles. The second-order valence-corrected chi connectivity index (χ2v) is 7.88. The van der Waals surface area contributed by atoms with Crippen LogP contribution in [0.4, 0.5) is 0 Å². The van der Waals surface area contributed by atoms with Gasteiger partial charge in [0.1, 0.15) is 0 Å². The molecule has 0 atom stereocenters. The van der Waals surface area contributed by atoms with E-state index in [2.05, 4.69) is 22.1 Å². The van der Waals surface area contributed by atoms with E-state index in [1.54, 1.807) is 14.3 Å². The van der Waals surface area contributed by atoms with Crippen LogP contribution in [0.2, 0.25) is 0 Å². The Kier molecular flexibility index (Phi) is 6.56. The van der Waals surface area contributed by atoms with Crippen molar-refractivity contribution in [1.29, 1.82) is 0 Å². The van der Waals surface area contributed by atoms with Gasteiger partial charge in [-0.3, -0.25) is 14.3 Å². The lowest BCUT2D eigenvalue weighted by Crippen LogP contribution is -2.33. The third-order valence-electron chi connectivity index (χ3n) is 4.70. The molecule has 2 heterocycles. The number of thioether (sulfide) groups is 1. The number of carbonyl (C=O) groups is 1. The molecule has 0 N–H and O–H groups in total. The number of likely N-dealkylation sites (N-methyl/N-ethyl adjacent to an activating group) is 1. The molecule has 0 fully saturated rings. The van der Waals surface area contributed by atoms with E-state index in [4.69, 9.17) is 0 Å². The van der Waals surface area contributed by atoms with Crippen LogP contribution in [0.15, 0.2) is 52.4 Å². The monoisotopic (exact) mass is 427 g/mol. The standard InChI is InChI=1S/C20H25N7O2S/c1-6-25(12-14(2)3)17(28)13-30-20-21-22-23-26(20)18-15(4)24(5)27(19(18)29)16-10-8-7-9-11-16/h7-11H,2,6,12-13H2,1,3-5H3. The number of rotatable bonds is 8. The summed E-state index contributed by atoms with van der Waals surface area (Å²) < 4.78 is 4.74. The summed E-state index contributed by atoms with van der Waals surface area (Å²) in [5, 5.41) is 12.2. The maximum Gasteiger partial charge on any atom is 0.297 e. The van der Waals surface area contributed by atoms with Crippen LogP contribution in [-0.2, 0) is 11.8 Å². The van der Waals surface area contributed by atoms with Gasteiger partial charge >= 0.3 is 0 Å². The van der Waals surface area contributed by atoms with Crippen molar-refractivity contribution in [3.05, 3.63) is 58.5 Å². The SMILES string of the molecule is C=C(C)CN(CC)C(=O)CSc1nnnn1-c1c(C)n(C)n(-c2ccccc2)c1=O. The highest BCUT2D eigenvalue weighted by Crippen LogP contribution is 2.20. The summed E-state index contributed by atoms with van der Waals surface area (Å²) in [6.07, 6.45) is 0. The zero-order chi connectivity index (χ0) is 21.8. The van der Waals surface area contributed by atoms with E-state index in [-0.39, 0.29) is 17.2 Å². The Morgan fingerprint density at radius 1 is 1.27 bits per heavy atom. The molecule has 0 aliphatic rings. The molecule has 0 saturated carbocycles. The first-order valence-electron chi connectivity index (χ1n) is 9.52. The molecule has 0 unspecified atom stereocenters. The molecule has 2 aromatic heterocycles. The number of para-hydroxylation sites is 1. The van der Waals surface area contributed by atoms with Gasteiger partial charge in [-0.2, -0.15) is 4.68 Å². The van der Waals surface area contributed by atoms with Crippen molar-refractivity contribution >= 4 is 17.7 Å². The Morgan fingerprint density at radius 2 is 1.97 bits per heavy atom. The zero-order valence-corrected chi connectivity index (χ0v) is 18.4. The van der Waals surface area contributed by atoms with E-state index in [1.165, 1.54) is 16.4 Å². The van der Waals surface area contributed by atoms with Crippen LogP contribution in [0.1, 0.15) is 19.5 Å². The molecule has 0 spiro atoms. The smallest absolute Gasteiger partial charge is 0.297 e. The fourth-order valence-electron chi connectivity index (χ4n) is 3.13. The third-order valence-corrected chi connectivity index (χ3v) is 5.60. The number of carbonyl (C=O) groups excluding carboxylic acids is 1. The number of tetrazole rings is 1. The van der Waals surface area contributed by atoms with Crippen molar-refractivity contribution < 1.29 is 4.79 Å². The van der Waals surface area contributed by atoms with Crippen molar-refractivity contribution in [3.63, 3.8) is 0 Å². The van der Waals surface area contributed by atoms with Crippen LogP contribution < -0.4 is 5.56 Å². The van der Waals surface area contributed by atoms with Gasteiger partial charge in [0.05, 0.1) is 17.1 Å². The molecule has 30 heavy (non-hydrogen) atoms. The maximum absolute atomic E-state index is 13.2. The predicted octanol–water partition coefficient (Wildman–Crippen LogP) is 1.98. The second kappa shape index (κ2) is 9.12. The van der Waals surface area contributed by atoms with Crippen molar-refractivity contribution in [3.8, 4) is 11.4 Å². The molecule has 10 heteroatoms. The Hall–Kier alpha value is -3.14. The first-order valence-corrected chi connectivity index (χ1v) is 10.5. The van der Waals surface area contributed by atoms with Gasteiger partial charge in [0.25, 0.3) is 5.56 Å². The normalized spacial score (nSPS) is 10.9. The van der Waals surface area contributed by atoms with E-state index in [0.717, 1.165) is 11.3 Å². The fraction of sp³-hybridized carbons (Fsp3) is 0.350. The number of aromatic nitrogens is 6. The first kappa shape index (κ1) is 21.6. The summed E-state index contributed by atoms with van der Waals surface area (Å²) in [5.41, 5.74) is 2.49. The quantitative estimate of drug-likeness (QED) is 0.403. The van der Waals surface area contributed by atoms with Crippen molar-refractivity contribution in [1.82, 2.24) is 34.5 Å². The largest absolute Gasteiger partial charge is 0.338 e. The van der Waals surface area contributed by atoms with E-state index < -0.39 is 0 Å². The molecule has 3 rings (SSSR count). The van der Waals surface area contributed by atoms with E-state index in [1.807, 2.05) is 58.2 Å². The molecular formula is C20H25N7O2S. The number of hydrogen-bond donors (Lipinski definition) is 0. The Labute approximate surface area is 179 Å². The molecular weight excluding hydrogens is 402 g/mol. The average Bonchev–Trinajstić information content (AvgIpc) is 3.26. The van der Waals surface area contributed by atoms with Crippen molar-refractivity contribution in [2.24, 2.45) is 7.05 Å². The highest BCUT2D eigenvalue weighted by molar-refractivity contribution is 7.99. The van der Waals surface area contributed by atoms with Gasteiger partial charge in [-0.25, -0.2) is 4.68 Å². The second-order valence-electron chi connectivity index (χ2n) is 6.94. The Balaban J connectivity index is 1.90. The molecule has 3 aromatic rings. The summed E-state index contributed by atoms with van der Waals surface area (Å²) in [6.45, 7) is 10.6. The van der Waals surface area contributed by atoms with Gasteiger partial charge in [0.2, 0.25) is 11.1 Å². The van der Waals surface area contributed by atoms with E-state index in [0.29, 0.717) is 29.6 Å². The molecule has 0 aliphatic carbocycles. The summed E-state index contributed by atoms with van der Waals surface area (Å²) in [4.78, 5) is 27.5. The summed E-state index contributed by atoms with van der Waals surface area (Å²) in [7, 11) is 1.81. The lowest BCUT2D eigenvalue weighted by Gasteiger charge is -2.20. The van der Waals surface area contributed by atoms with E-state index in [9.17, 15) is 9.59 Å². The van der Waals surface area contributed by atoms with Crippen molar-refractivity contribution in [2.45, 2.75) is 25.9 Å². The van der Waals surface area contributed by atoms with Gasteiger partial charge < -0.3 is 4.90 Å². The summed E-state index contributed by atoms with van der Waals surface area (Å²) in [5.74, 6) is 0.131. The highest BCUT2D eigenvalue weighted by atomic mass is 32.2. The predicted molar refractivity (Wildman–Crippen MR) is 116 cm³/mol. The molecule has 0 radical (unpaired) electrons. The molecule has 158 valence electrons. The molecule has 1 amide bonds. The summed E-state index contributed by atoms with van der Waals surface area (Å²) in [6, 6.07) is 9.36. The van der Waals surface area contributed by atoms with Crippen LogP contribution in [0.25, 0.3) is 11.4 Å². The van der Waals surface area contributed by atoms with Crippen LogP contribution in [0, 0.1) is 6.92 Å². The minimum Gasteiger partial charge on any atom is -0.338 e. The fourth-order valence-corrected chi connectivity index (χ4v) is 3.91. The van der Waals surface area contributed by atoms with Crippen LogP contribution in [0.5, 0.6) is 0 Å². The Morgan fingerprint density at radius 3 is 2.60 bits per heavy atom. The number of amides is 1. The Bertz CT molecular complexity index is 1110. The lowest BCUT2D eigenvalue weighted by molar-refractivity contribution is -0.127. The van der Waals surface area contributed by atoms with Crippen LogP contribution in [0.3, 0.4) is 0 Å². The maximum atomic E-state index is 13.2.